The van der Waals surface area contributed by atoms with Crippen molar-refractivity contribution in [2.24, 2.45) is 5.10 Å². The van der Waals surface area contributed by atoms with Crippen molar-refractivity contribution in [3.05, 3.63) is 71.8 Å². The Morgan fingerprint density at radius 3 is 1.92 bits per heavy atom. The minimum absolute atomic E-state index is 0.0985. The molecule has 2 rings (SSSR count). The fourth-order valence-corrected chi connectivity index (χ4v) is 2.66. The fraction of sp³-hybridized carbons (Fsp3) is 0.250. The Kier molecular flexibility index (Phi) is 6.83. The standard InChI is InChI=1S/C20H24N2O2Si/c1-22(25(2)3)21-19(16-10-6-4-7-11-16)14-18(23)15-20(24)17-12-8-5-9-13-17/h4-13,25H,14-15H2,1-3H3. The summed E-state index contributed by atoms with van der Waals surface area (Å²) in [5, 5.41) is 4.65. The highest BCUT2D eigenvalue weighted by Gasteiger charge is 2.16. The summed E-state index contributed by atoms with van der Waals surface area (Å²) in [5.41, 5.74) is 2.21. The lowest BCUT2D eigenvalue weighted by Gasteiger charge is -2.19. The van der Waals surface area contributed by atoms with Gasteiger partial charge >= 0.3 is 0 Å². The van der Waals surface area contributed by atoms with Crippen LogP contribution < -0.4 is 0 Å². The van der Waals surface area contributed by atoms with Gasteiger partial charge in [-0.2, -0.15) is 5.10 Å². The predicted octanol–water partition coefficient (Wildman–Crippen LogP) is 3.54. The average Bonchev–Trinajstić information content (AvgIpc) is 2.62. The van der Waals surface area contributed by atoms with Crippen LogP contribution in [0.1, 0.15) is 28.8 Å². The van der Waals surface area contributed by atoms with Crippen molar-refractivity contribution in [2.45, 2.75) is 25.9 Å². The van der Waals surface area contributed by atoms with Crippen LogP contribution in [0.5, 0.6) is 0 Å². The molecule has 2 aromatic carbocycles. The number of nitrogens with zero attached hydrogens (tertiary/aromatic N) is 2. The van der Waals surface area contributed by atoms with E-state index in [9.17, 15) is 9.59 Å². The van der Waals surface area contributed by atoms with Crippen LogP contribution in [0.4, 0.5) is 0 Å². The van der Waals surface area contributed by atoms with Crippen LogP contribution in [0.2, 0.25) is 13.1 Å². The lowest BCUT2D eigenvalue weighted by molar-refractivity contribution is -0.117. The Morgan fingerprint density at radius 1 is 0.880 bits per heavy atom. The lowest BCUT2D eigenvalue weighted by atomic mass is 10.00. The molecule has 0 aromatic heterocycles. The van der Waals surface area contributed by atoms with Gasteiger partial charge in [0, 0.05) is 12.6 Å². The van der Waals surface area contributed by atoms with E-state index < -0.39 is 8.96 Å². The van der Waals surface area contributed by atoms with Crippen molar-refractivity contribution in [2.75, 3.05) is 7.05 Å². The summed E-state index contributed by atoms with van der Waals surface area (Å²) in [6.45, 7) is 4.35. The molecule has 0 heterocycles. The Balaban J connectivity index is 2.13. The van der Waals surface area contributed by atoms with E-state index in [0.717, 1.165) is 11.3 Å². The van der Waals surface area contributed by atoms with Gasteiger partial charge in [0.2, 0.25) is 0 Å². The monoisotopic (exact) mass is 352 g/mol. The summed E-state index contributed by atoms with van der Waals surface area (Å²) in [5.74, 6) is -0.264. The SMILES string of the molecule is CN(N=C(CC(=O)CC(=O)c1ccccc1)c1ccccc1)[SiH](C)C. The number of carbonyl (C=O) groups is 2. The average molecular weight is 353 g/mol. The number of hydrazone groups is 1. The number of hydrogen-bond acceptors (Lipinski definition) is 4. The van der Waals surface area contributed by atoms with Gasteiger partial charge in [0.25, 0.3) is 0 Å². The fourth-order valence-electron chi connectivity index (χ4n) is 2.29. The van der Waals surface area contributed by atoms with E-state index in [1.165, 1.54) is 0 Å². The van der Waals surface area contributed by atoms with E-state index in [1.807, 2.05) is 48.1 Å². The van der Waals surface area contributed by atoms with E-state index in [0.29, 0.717) is 5.56 Å². The van der Waals surface area contributed by atoms with Gasteiger partial charge < -0.3 is 4.67 Å². The first kappa shape index (κ1) is 18.8. The third-order valence-corrected chi connectivity index (χ3v) is 5.56. The van der Waals surface area contributed by atoms with Crippen LogP contribution in [0.15, 0.2) is 65.8 Å². The van der Waals surface area contributed by atoms with Gasteiger partial charge in [-0.05, 0) is 5.56 Å². The highest BCUT2D eigenvalue weighted by atomic mass is 28.3. The molecule has 4 nitrogen and oxygen atoms in total. The van der Waals surface area contributed by atoms with Crippen LogP contribution in [0, 0.1) is 0 Å². The van der Waals surface area contributed by atoms with Crippen LogP contribution in [-0.4, -0.2) is 38.0 Å². The third kappa shape index (κ3) is 5.80. The topological polar surface area (TPSA) is 49.7 Å². The van der Waals surface area contributed by atoms with Gasteiger partial charge in [0.1, 0.15) is 5.78 Å². The molecule has 0 aliphatic rings. The molecule has 0 unspecified atom stereocenters. The lowest BCUT2D eigenvalue weighted by Crippen LogP contribution is -2.27. The summed E-state index contributed by atoms with van der Waals surface area (Å²) >= 11 is 0. The highest BCUT2D eigenvalue weighted by molar-refractivity contribution is 6.52. The second-order valence-electron chi connectivity index (χ2n) is 6.26. The van der Waals surface area contributed by atoms with Gasteiger partial charge in [-0.25, -0.2) is 0 Å². The zero-order valence-electron chi connectivity index (χ0n) is 15.0. The van der Waals surface area contributed by atoms with Gasteiger partial charge in [-0.3, -0.25) is 9.59 Å². The highest BCUT2D eigenvalue weighted by Crippen LogP contribution is 2.10. The van der Waals surface area contributed by atoms with Crippen molar-refractivity contribution in [3.63, 3.8) is 0 Å². The zero-order valence-corrected chi connectivity index (χ0v) is 16.1. The van der Waals surface area contributed by atoms with Gasteiger partial charge in [-0.1, -0.05) is 73.8 Å². The maximum atomic E-state index is 12.5. The van der Waals surface area contributed by atoms with E-state index in [4.69, 9.17) is 0 Å². The molecule has 25 heavy (non-hydrogen) atoms. The molecule has 0 N–H and O–H groups in total. The molecule has 0 radical (unpaired) electrons. The maximum Gasteiger partial charge on any atom is 0.170 e. The summed E-state index contributed by atoms with van der Waals surface area (Å²) in [4.78, 5) is 24.7. The Morgan fingerprint density at radius 2 is 1.40 bits per heavy atom. The molecule has 0 bridgehead atoms. The number of benzene rings is 2. The summed E-state index contributed by atoms with van der Waals surface area (Å²) < 4.78 is 1.97. The summed E-state index contributed by atoms with van der Waals surface area (Å²) in [6, 6.07) is 18.6. The first-order valence-electron chi connectivity index (χ1n) is 8.43. The molecule has 0 aliphatic heterocycles. The molecular formula is C20H24N2O2Si. The molecule has 5 heteroatoms. The molecule has 0 atom stereocenters. The molecule has 0 saturated heterocycles. The van der Waals surface area contributed by atoms with Crippen molar-refractivity contribution in [1.82, 2.24) is 4.67 Å². The van der Waals surface area contributed by atoms with Gasteiger partial charge in [0.05, 0.1) is 18.6 Å². The Hall–Kier alpha value is -2.53. The number of hydrogen-bond donors (Lipinski definition) is 0. The summed E-state index contributed by atoms with van der Waals surface area (Å²) in [6.07, 6.45) is 0.0622. The van der Waals surface area contributed by atoms with E-state index in [-0.39, 0.29) is 24.4 Å². The van der Waals surface area contributed by atoms with E-state index in [2.05, 4.69) is 18.2 Å². The van der Waals surface area contributed by atoms with Crippen LogP contribution in [0.25, 0.3) is 0 Å². The second-order valence-corrected chi connectivity index (χ2v) is 9.20. The molecule has 2 aromatic rings. The van der Waals surface area contributed by atoms with Gasteiger partial charge in [-0.15, -0.1) is 0 Å². The molecule has 0 saturated carbocycles. The Bertz CT molecular complexity index is 743. The minimum Gasteiger partial charge on any atom is -0.331 e. The van der Waals surface area contributed by atoms with Crippen molar-refractivity contribution in [3.8, 4) is 0 Å². The van der Waals surface area contributed by atoms with Crippen LogP contribution in [0.3, 0.4) is 0 Å². The first-order chi connectivity index (χ1) is 12.0. The molecule has 0 aliphatic carbocycles. The Labute approximate surface area is 150 Å². The molecule has 0 amide bonds. The molecular weight excluding hydrogens is 328 g/mol. The third-order valence-electron chi connectivity index (χ3n) is 3.95. The number of Topliss-reactive ketones (excluding diaryl/α,β-unsaturated/α-hetero) is 2. The summed E-state index contributed by atoms with van der Waals surface area (Å²) in [7, 11) is 0.844. The van der Waals surface area contributed by atoms with Crippen molar-refractivity contribution < 1.29 is 9.59 Å². The largest absolute Gasteiger partial charge is 0.331 e. The number of carbonyl (C=O) groups excluding carboxylic acids is 2. The first-order valence-corrected chi connectivity index (χ1v) is 11.3. The smallest absolute Gasteiger partial charge is 0.170 e. The van der Waals surface area contributed by atoms with Crippen molar-refractivity contribution in [1.29, 1.82) is 0 Å². The molecule has 130 valence electrons. The predicted molar refractivity (Wildman–Crippen MR) is 105 cm³/mol. The second kappa shape index (κ2) is 9.08. The van der Waals surface area contributed by atoms with E-state index in [1.54, 1.807) is 24.3 Å². The zero-order chi connectivity index (χ0) is 18.2. The number of ketones is 2. The molecule has 0 fully saturated rings. The van der Waals surface area contributed by atoms with Gasteiger partial charge in [0.15, 0.2) is 14.7 Å². The van der Waals surface area contributed by atoms with Crippen LogP contribution in [-0.2, 0) is 4.79 Å². The minimum atomic E-state index is -1.10. The van der Waals surface area contributed by atoms with E-state index >= 15 is 0 Å². The molecule has 0 spiro atoms. The number of rotatable bonds is 8. The maximum absolute atomic E-state index is 12.5. The normalized spacial score (nSPS) is 11.4. The quantitative estimate of drug-likeness (QED) is 0.240. The van der Waals surface area contributed by atoms with Crippen LogP contribution >= 0.6 is 0 Å². The van der Waals surface area contributed by atoms with Crippen molar-refractivity contribution >= 4 is 26.2 Å².